The maximum atomic E-state index is 13.2. The smallest absolute Gasteiger partial charge is 0.226 e. The molecule has 1 aromatic heterocycles. The fourth-order valence-electron chi connectivity index (χ4n) is 4.34. The van der Waals surface area contributed by atoms with Crippen LogP contribution in [0.4, 0.5) is 5.95 Å². The number of hydrogen-bond donors (Lipinski definition) is 3. The van der Waals surface area contributed by atoms with Crippen molar-refractivity contribution >= 4 is 11.7 Å². The molecule has 3 aromatic rings. The highest BCUT2D eigenvalue weighted by atomic mass is 16.3. The Hall–Kier alpha value is -3.61. The van der Waals surface area contributed by atoms with E-state index in [4.69, 9.17) is 0 Å². The Balaban J connectivity index is 1.68. The number of allylic oxidation sites excluding steroid dienone is 2. The third-order valence-corrected chi connectivity index (χ3v) is 5.65. The Morgan fingerprint density at radius 3 is 2.57 bits per heavy atom. The number of aromatic hydroxyl groups is 2. The minimum Gasteiger partial charge on any atom is -0.508 e. The summed E-state index contributed by atoms with van der Waals surface area (Å²) in [6.07, 6.45) is 1.20. The van der Waals surface area contributed by atoms with Crippen molar-refractivity contribution in [2.45, 2.75) is 32.7 Å². The molecule has 1 aliphatic heterocycles. The van der Waals surface area contributed by atoms with Crippen LogP contribution in [0.15, 0.2) is 59.8 Å². The average Bonchev–Trinajstić information content (AvgIpc) is 3.10. The fourth-order valence-corrected chi connectivity index (χ4v) is 4.34. The second kappa shape index (κ2) is 6.45. The van der Waals surface area contributed by atoms with Crippen molar-refractivity contribution in [1.82, 2.24) is 14.8 Å². The lowest BCUT2D eigenvalue weighted by Crippen LogP contribution is -2.36. The van der Waals surface area contributed by atoms with Crippen molar-refractivity contribution in [3.05, 3.63) is 65.4 Å². The van der Waals surface area contributed by atoms with Gasteiger partial charge in [-0.15, -0.1) is 5.10 Å². The van der Waals surface area contributed by atoms with Gasteiger partial charge in [-0.2, -0.15) is 4.98 Å². The minimum absolute atomic E-state index is 0.0897. The molecule has 0 fully saturated rings. The van der Waals surface area contributed by atoms with Gasteiger partial charge < -0.3 is 15.5 Å². The van der Waals surface area contributed by atoms with E-state index in [-0.39, 0.29) is 22.7 Å². The number of aromatic nitrogens is 3. The summed E-state index contributed by atoms with van der Waals surface area (Å²) in [5.74, 6) is 1.40. The zero-order chi connectivity index (χ0) is 21.0. The summed E-state index contributed by atoms with van der Waals surface area (Å²) in [5.41, 5.74) is 2.96. The van der Waals surface area contributed by atoms with Gasteiger partial charge in [0.2, 0.25) is 5.95 Å². The van der Waals surface area contributed by atoms with Gasteiger partial charge >= 0.3 is 0 Å². The minimum atomic E-state index is -0.431. The van der Waals surface area contributed by atoms with Gasteiger partial charge in [0.15, 0.2) is 11.6 Å². The second-order valence-corrected chi connectivity index (χ2v) is 8.71. The monoisotopic (exact) mass is 402 g/mol. The number of anilines is 1. The van der Waals surface area contributed by atoms with Crippen molar-refractivity contribution in [2.24, 2.45) is 5.41 Å². The molecule has 152 valence electrons. The molecule has 7 heteroatoms. The predicted octanol–water partition coefficient (Wildman–Crippen LogP) is 4.01. The predicted molar refractivity (Wildman–Crippen MR) is 112 cm³/mol. The Labute approximate surface area is 173 Å². The number of nitrogens with one attached hydrogen (secondary N) is 1. The molecule has 3 N–H and O–H groups in total. The molecule has 0 bridgehead atoms. The van der Waals surface area contributed by atoms with Crippen LogP contribution in [-0.2, 0) is 4.79 Å². The van der Waals surface area contributed by atoms with Crippen molar-refractivity contribution in [2.75, 3.05) is 5.32 Å². The van der Waals surface area contributed by atoms with E-state index in [2.05, 4.69) is 29.2 Å². The molecule has 1 unspecified atom stereocenters. The normalized spacial score (nSPS) is 19.8. The molecule has 1 aliphatic carbocycles. The molecule has 2 aliphatic rings. The van der Waals surface area contributed by atoms with Gasteiger partial charge in [-0.05, 0) is 41.7 Å². The first-order valence-electron chi connectivity index (χ1n) is 9.89. The molecule has 7 nitrogen and oxygen atoms in total. The summed E-state index contributed by atoms with van der Waals surface area (Å²) in [4.78, 5) is 17.8. The molecule has 0 amide bonds. The third kappa shape index (κ3) is 3.03. The van der Waals surface area contributed by atoms with Crippen molar-refractivity contribution < 1.29 is 15.0 Å². The number of fused-ring (bicyclic) bond motifs is 1. The first-order valence-corrected chi connectivity index (χ1v) is 9.89. The lowest BCUT2D eigenvalue weighted by molar-refractivity contribution is -0.118. The van der Waals surface area contributed by atoms with Crippen LogP contribution in [-0.4, -0.2) is 30.8 Å². The molecule has 2 aromatic carbocycles. The summed E-state index contributed by atoms with van der Waals surface area (Å²) in [6, 6.07) is 13.2. The third-order valence-electron chi connectivity index (χ3n) is 5.65. The van der Waals surface area contributed by atoms with E-state index in [0.717, 1.165) is 17.7 Å². The number of carbonyl (C=O) groups excluding carboxylic acids is 1. The van der Waals surface area contributed by atoms with E-state index in [0.29, 0.717) is 29.3 Å². The molecule has 0 spiro atoms. The summed E-state index contributed by atoms with van der Waals surface area (Å²) in [7, 11) is 0. The number of carbonyl (C=O) groups is 1. The number of benzene rings is 2. The zero-order valence-corrected chi connectivity index (χ0v) is 16.8. The maximum absolute atomic E-state index is 13.2. The number of phenols is 2. The zero-order valence-electron chi connectivity index (χ0n) is 16.8. The molecule has 2 heterocycles. The fraction of sp³-hybridized carbons (Fsp3) is 0.261. The highest BCUT2D eigenvalue weighted by Crippen LogP contribution is 2.45. The lowest BCUT2D eigenvalue weighted by Gasteiger charge is -2.38. The summed E-state index contributed by atoms with van der Waals surface area (Å²) in [6.45, 7) is 4.17. The summed E-state index contributed by atoms with van der Waals surface area (Å²) in [5, 5.41) is 27.6. The molecule has 1 atom stereocenters. The molecule has 0 saturated heterocycles. The molecular weight excluding hydrogens is 380 g/mol. The first-order chi connectivity index (χ1) is 14.3. The van der Waals surface area contributed by atoms with Crippen molar-refractivity contribution in [1.29, 1.82) is 0 Å². The molecule has 5 rings (SSSR count). The van der Waals surface area contributed by atoms with Gasteiger partial charge in [0.25, 0.3) is 0 Å². The van der Waals surface area contributed by atoms with Gasteiger partial charge in [-0.1, -0.05) is 38.1 Å². The van der Waals surface area contributed by atoms with E-state index in [9.17, 15) is 15.0 Å². The van der Waals surface area contributed by atoms with Gasteiger partial charge in [0.05, 0.1) is 0 Å². The molecular formula is C23H22N4O3. The van der Waals surface area contributed by atoms with Crippen LogP contribution in [0.2, 0.25) is 0 Å². The molecule has 0 saturated carbocycles. The number of rotatable bonds is 2. The van der Waals surface area contributed by atoms with Crippen molar-refractivity contribution in [3.63, 3.8) is 0 Å². The van der Waals surface area contributed by atoms with Gasteiger partial charge in [0, 0.05) is 23.3 Å². The van der Waals surface area contributed by atoms with Crippen LogP contribution in [0, 0.1) is 5.41 Å². The SMILES string of the molecule is CC1(C)CC(=O)C2=C(C1)Nc1nc(-c3cccc(O)c3)nn1C2c1ccc(O)cc1. The van der Waals surface area contributed by atoms with Gasteiger partial charge in [-0.25, -0.2) is 4.68 Å². The summed E-state index contributed by atoms with van der Waals surface area (Å²) < 4.78 is 1.72. The number of ketones is 1. The molecule has 30 heavy (non-hydrogen) atoms. The Morgan fingerprint density at radius 2 is 1.83 bits per heavy atom. The standard InChI is InChI=1S/C23H22N4O3/c1-23(2)11-17-19(18(30)12-23)20(13-6-8-15(28)9-7-13)27-22(24-17)25-21(26-27)14-4-3-5-16(29)10-14/h3-10,20,28-29H,11-12H2,1-2H3,(H,24,25,26). The van der Waals surface area contributed by atoms with Crippen LogP contribution >= 0.6 is 0 Å². The van der Waals surface area contributed by atoms with E-state index in [1.807, 2.05) is 18.2 Å². The Morgan fingerprint density at radius 1 is 1.07 bits per heavy atom. The number of Topliss-reactive ketones (excluding diaryl/α,β-unsaturated/α-hetero) is 1. The van der Waals surface area contributed by atoms with Gasteiger partial charge in [-0.3, -0.25) is 4.79 Å². The molecule has 0 radical (unpaired) electrons. The van der Waals surface area contributed by atoms with E-state index < -0.39 is 6.04 Å². The second-order valence-electron chi connectivity index (χ2n) is 8.71. The van der Waals surface area contributed by atoms with Crippen LogP contribution in [0.1, 0.15) is 38.3 Å². The van der Waals surface area contributed by atoms with Crippen LogP contribution in [0.5, 0.6) is 11.5 Å². The Bertz CT molecular complexity index is 1190. The number of phenolic OH excluding ortho intramolecular Hbond substituents is 2. The maximum Gasteiger partial charge on any atom is 0.226 e. The number of hydrogen-bond acceptors (Lipinski definition) is 6. The van der Waals surface area contributed by atoms with E-state index in [1.54, 1.807) is 35.0 Å². The van der Waals surface area contributed by atoms with E-state index in [1.165, 1.54) is 0 Å². The first kappa shape index (κ1) is 18.4. The van der Waals surface area contributed by atoms with Crippen LogP contribution < -0.4 is 5.32 Å². The van der Waals surface area contributed by atoms with E-state index >= 15 is 0 Å². The highest BCUT2D eigenvalue weighted by molar-refractivity contribution is 6.00. The summed E-state index contributed by atoms with van der Waals surface area (Å²) >= 11 is 0. The van der Waals surface area contributed by atoms with Crippen LogP contribution in [0.25, 0.3) is 11.4 Å². The van der Waals surface area contributed by atoms with Crippen molar-refractivity contribution in [3.8, 4) is 22.9 Å². The average molecular weight is 402 g/mol. The quantitative estimate of drug-likeness (QED) is 0.599. The topological polar surface area (TPSA) is 100 Å². The lowest BCUT2D eigenvalue weighted by atomic mass is 9.73. The number of nitrogens with zero attached hydrogens (tertiary/aromatic N) is 3. The highest BCUT2D eigenvalue weighted by Gasteiger charge is 2.41. The largest absolute Gasteiger partial charge is 0.508 e. The van der Waals surface area contributed by atoms with Gasteiger partial charge in [0.1, 0.15) is 17.5 Å². The van der Waals surface area contributed by atoms with Crippen LogP contribution in [0.3, 0.4) is 0 Å². The Kier molecular flexibility index (Phi) is 3.96.